The molecule has 0 bridgehead atoms. The lowest BCUT2D eigenvalue weighted by Crippen LogP contribution is -1.79. The van der Waals surface area contributed by atoms with Crippen molar-refractivity contribution in [3.05, 3.63) is 35.9 Å². The van der Waals surface area contributed by atoms with Crippen LogP contribution in [0.5, 0.6) is 0 Å². The second-order valence-electron chi connectivity index (χ2n) is 1.56. The average Bonchev–Trinajstić information content (AvgIpc) is 1.87. The van der Waals surface area contributed by atoms with Crippen LogP contribution in [0, 0.1) is 11.5 Å². The van der Waals surface area contributed by atoms with Crippen molar-refractivity contribution in [1.82, 2.24) is 0 Å². The van der Waals surface area contributed by atoms with Crippen LogP contribution in [0.4, 0.5) is 4.39 Å². The Bertz CT molecular complexity index is 252. The summed E-state index contributed by atoms with van der Waals surface area (Å²) >= 11 is 5.28. The Labute approximate surface area is 68.8 Å². The van der Waals surface area contributed by atoms with Crippen LogP contribution in [-0.2, 0) is 4.74 Å². The minimum atomic E-state index is -0.797. The Morgan fingerprint density at radius 1 is 1.64 bits per heavy atom. The first-order valence-corrected chi connectivity index (χ1v) is 2.92. The molecule has 11 heavy (non-hydrogen) atoms. The third-order valence-corrected chi connectivity index (χ3v) is 1.04. The highest BCUT2D eigenvalue weighted by Gasteiger charge is 1.98. The lowest BCUT2D eigenvalue weighted by molar-refractivity contribution is 0.395. The number of nitrogens with zero attached hydrogens (tertiary/aromatic N) is 1. The second kappa shape index (κ2) is 4.53. The van der Waals surface area contributed by atoms with E-state index in [0.29, 0.717) is 0 Å². The fourth-order valence-corrected chi connectivity index (χ4v) is 0.429. The van der Waals surface area contributed by atoms with Gasteiger partial charge in [-0.05, 0) is 0 Å². The normalized spacial score (nSPS) is 10.1. The summed E-state index contributed by atoms with van der Waals surface area (Å²) in [6, 6.07) is 0. The van der Waals surface area contributed by atoms with Crippen molar-refractivity contribution in [3.63, 3.8) is 0 Å². The first-order valence-electron chi connectivity index (χ1n) is 2.54. The molecule has 2 nitrogen and oxygen atoms in total. The lowest BCUT2D eigenvalue weighted by atomic mass is 10.4. The zero-order valence-corrected chi connectivity index (χ0v) is 6.36. The Kier molecular flexibility index (Phi) is 4.01. The van der Waals surface area contributed by atoms with Crippen LogP contribution in [0.25, 0.3) is 0 Å². The number of halogens is 2. The van der Waals surface area contributed by atoms with Crippen LogP contribution in [0.2, 0.25) is 0 Å². The summed E-state index contributed by atoms with van der Waals surface area (Å²) < 4.78 is 16.3. The van der Waals surface area contributed by atoms with E-state index in [1.165, 1.54) is 6.26 Å². The van der Waals surface area contributed by atoms with Crippen molar-refractivity contribution in [2.45, 2.75) is 0 Å². The molecule has 0 N–H and O–H groups in total. The van der Waals surface area contributed by atoms with Crippen molar-refractivity contribution < 1.29 is 9.13 Å². The predicted octanol–water partition coefficient (Wildman–Crippen LogP) is 2.60. The van der Waals surface area contributed by atoms with Crippen LogP contribution in [0.1, 0.15) is 0 Å². The van der Waals surface area contributed by atoms with Crippen LogP contribution in [-0.4, -0.2) is 0 Å². The van der Waals surface area contributed by atoms with E-state index in [9.17, 15) is 4.39 Å². The van der Waals surface area contributed by atoms with E-state index < -0.39 is 5.83 Å². The summed E-state index contributed by atoms with van der Waals surface area (Å²) in [6.07, 6.45) is 2.42. The zero-order chi connectivity index (χ0) is 8.85. The number of nitriles is 1. The molecule has 0 aliphatic heterocycles. The first kappa shape index (κ1) is 9.73. The van der Waals surface area contributed by atoms with Gasteiger partial charge in [0.05, 0.1) is 5.03 Å². The molecule has 0 spiro atoms. The van der Waals surface area contributed by atoms with Crippen LogP contribution in [0.15, 0.2) is 35.9 Å². The van der Waals surface area contributed by atoms with Gasteiger partial charge in [0.1, 0.15) is 11.6 Å². The van der Waals surface area contributed by atoms with Crippen molar-refractivity contribution in [2.75, 3.05) is 0 Å². The monoisotopic (exact) mass is 173 g/mol. The van der Waals surface area contributed by atoms with Gasteiger partial charge in [0.25, 0.3) is 6.26 Å². The van der Waals surface area contributed by atoms with Gasteiger partial charge in [-0.25, -0.2) is 4.39 Å². The number of hydrogen-bond acceptors (Lipinski definition) is 2. The molecule has 58 valence electrons. The molecule has 0 rings (SSSR count). The van der Waals surface area contributed by atoms with E-state index in [-0.39, 0.29) is 10.8 Å². The zero-order valence-electron chi connectivity index (χ0n) is 5.60. The van der Waals surface area contributed by atoms with E-state index in [1.807, 2.05) is 0 Å². The Morgan fingerprint density at radius 2 is 2.18 bits per heavy atom. The summed E-state index contributed by atoms with van der Waals surface area (Å²) in [5.74, 6) is -0.828. The van der Waals surface area contributed by atoms with Gasteiger partial charge in [-0.1, -0.05) is 24.8 Å². The number of ether oxygens (including phenoxy) is 1. The molecule has 0 aromatic carbocycles. The molecule has 0 saturated carbocycles. The van der Waals surface area contributed by atoms with Gasteiger partial charge in [0.2, 0.25) is 0 Å². The van der Waals surface area contributed by atoms with E-state index >= 15 is 0 Å². The van der Waals surface area contributed by atoms with Crippen molar-refractivity contribution in [1.29, 1.82) is 5.26 Å². The third kappa shape index (κ3) is 4.18. The van der Waals surface area contributed by atoms with E-state index in [1.54, 1.807) is 0 Å². The van der Waals surface area contributed by atoms with Gasteiger partial charge in [0.15, 0.2) is 0 Å². The van der Waals surface area contributed by atoms with Crippen LogP contribution >= 0.6 is 11.6 Å². The molecule has 0 heterocycles. The van der Waals surface area contributed by atoms with Gasteiger partial charge >= 0.3 is 0 Å². The van der Waals surface area contributed by atoms with E-state index in [0.717, 1.165) is 6.08 Å². The molecule has 0 aliphatic carbocycles. The number of rotatable bonds is 3. The molecule has 0 saturated heterocycles. The number of hydrogen-bond donors (Lipinski definition) is 0. The van der Waals surface area contributed by atoms with Crippen LogP contribution < -0.4 is 0 Å². The highest BCUT2D eigenvalue weighted by Crippen LogP contribution is 2.15. The fraction of sp³-hybridized carbons (Fsp3) is 0. The average molecular weight is 174 g/mol. The smallest absolute Gasteiger partial charge is 0.292 e. The highest BCUT2D eigenvalue weighted by molar-refractivity contribution is 6.31. The summed E-state index contributed by atoms with van der Waals surface area (Å²) in [5, 5.41) is 7.74. The summed E-state index contributed by atoms with van der Waals surface area (Å²) in [4.78, 5) is 0. The standard InChI is InChI=1S/C7H5ClFNO/c1-5(11-4-10)3-7(8)6(2)9/h3H,1-2H2/b7-3+. The summed E-state index contributed by atoms with van der Waals surface area (Å²) in [6.45, 7) is 6.18. The maximum absolute atomic E-state index is 12.1. The minimum Gasteiger partial charge on any atom is -0.389 e. The molecule has 0 fully saturated rings. The third-order valence-electron chi connectivity index (χ3n) is 0.724. The molecular weight excluding hydrogens is 169 g/mol. The Balaban J connectivity index is 4.22. The molecule has 0 radical (unpaired) electrons. The largest absolute Gasteiger partial charge is 0.389 e. The summed E-state index contributed by atoms with van der Waals surface area (Å²) in [7, 11) is 0. The SMILES string of the molecule is C=C(/C=C(/Cl)C(=C)F)OC#N. The van der Waals surface area contributed by atoms with Gasteiger partial charge < -0.3 is 4.74 Å². The van der Waals surface area contributed by atoms with E-state index in [2.05, 4.69) is 17.9 Å². The van der Waals surface area contributed by atoms with Crippen molar-refractivity contribution >= 4 is 11.6 Å². The fourth-order valence-electron chi connectivity index (χ4n) is 0.308. The molecule has 0 atom stereocenters. The van der Waals surface area contributed by atoms with Gasteiger partial charge in [-0.2, -0.15) is 0 Å². The number of allylic oxidation sites excluding steroid dienone is 3. The molecule has 0 aromatic heterocycles. The van der Waals surface area contributed by atoms with Crippen LogP contribution in [0.3, 0.4) is 0 Å². The molecule has 0 aromatic rings. The molecule has 0 amide bonds. The maximum Gasteiger partial charge on any atom is 0.292 e. The molecule has 0 aliphatic rings. The summed E-state index contributed by atoms with van der Waals surface area (Å²) in [5.41, 5.74) is 0. The second-order valence-corrected chi connectivity index (χ2v) is 1.96. The highest BCUT2D eigenvalue weighted by atomic mass is 35.5. The van der Waals surface area contributed by atoms with Gasteiger partial charge in [-0.3, -0.25) is 0 Å². The Morgan fingerprint density at radius 3 is 2.55 bits per heavy atom. The lowest BCUT2D eigenvalue weighted by Gasteiger charge is -1.93. The molecular formula is C7H5ClFNO. The van der Waals surface area contributed by atoms with Crippen molar-refractivity contribution in [3.8, 4) is 6.26 Å². The molecule has 0 unspecified atom stereocenters. The van der Waals surface area contributed by atoms with E-state index in [4.69, 9.17) is 16.9 Å². The van der Waals surface area contributed by atoms with Gasteiger partial charge in [0, 0.05) is 6.08 Å². The maximum atomic E-state index is 12.1. The predicted molar refractivity (Wildman–Crippen MR) is 40.0 cm³/mol. The minimum absolute atomic E-state index is 0.0312. The molecule has 4 heteroatoms. The van der Waals surface area contributed by atoms with Gasteiger partial charge in [-0.15, -0.1) is 5.26 Å². The van der Waals surface area contributed by atoms with Crippen molar-refractivity contribution in [2.24, 2.45) is 0 Å². The topological polar surface area (TPSA) is 33.0 Å². The first-order chi connectivity index (χ1) is 5.07. The quantitative estimate of drug-likeness (QED) is 0.373. The Hall–Kier alpha value is -1.27.